The Bertz CT molecular complexity index is 992. The fraction of sp³-hybridized carbons (Fsp3) is 0.318. The number of allylic oxidation sites excluding steroid dienone is 1. The number of pyridine rings is 1. The van der Waals surface area contributed by atoms with Gasteiger partial charge in [-0.2, -0.15) is 4.99 Å². The second-order valence-corrected chi connectivity index (χ2v) is 8.40. The lowest BCUT2D eigenvalue weighted by atomic mass is 9.84. The summed E-state index contributed by atoms with van der Waals surface area (Å²) in [5.74, 6) is -0.142. The fourth-order valence-corrected chi connectivity index (χ4v) is 5.28. The van der Waals surface area contributed by atoms with E-state index in [-0.39, 0.29) is 11.5 Å². The minimum atomic E-state index is -0.174. The molecule has 1 aromatic heterocycles. The van der Waals surface area contributed by atoms with Gasteiger partial charge < -0.3 is 9.64 Å². The normalized spacial score (nSPS) is 22.4. The predicted octanol–water partition coefficient (Wildman–Crippen LogP) is 3.96. The smallest absolute Gasteiger partial charge is 0.286 e. The molecule has 1 fully saturated rings. The first-order valence-corrected chi connectivity index (χ1v) is 10.4. The van der Waals surface area contributed by atoms with Crippen LogP contribution in [-0.2, 0) is 21.7 Å². The minimum absolute atomic E-state index is 0.142. The molecule has 0 unspecified atom stereocenters. The molecular weight excluding hydrogens is 370 g/mol. The van der Waals surface area contributed by atoms with Gasteiger partial charge in [-0.05, 0) is 65.9 Å². The zero-order valence-corrected chi connectivity index (χ0v) is 16.5. The van der Waals surface area contributed by atoms with Crippen molar-refractivity contribution >= 4 is 28.4 Å². The summed E-state index contributed by atoms with van der Waals surface area (Å²) >= 11 is 1.49. The van der Waals surface area contributed by atoms with E-state index in [4.69, 9.17) is 4.74 Å². The molecule has 0 N–H and O–H groups in total. The van der Waals surface area contributed by atoms with Gasteiger partial charge >= 0.3 is 0 Å². The third-order valence-corrected chi connectivity index (χ3v) is 7.11. The highest BCUT2D eigenvalue weighted by Crippen LogP contribution is 2.45. The van der Waals surface area contributed by atoms with Crippen molar-refractivity contribution in [1.29, 1.82) is 0 Å². The van der Waals surface area contributed by atoms with Gasteiger partial charge in [0.1, 0.15) is 0 Å². The zero-order chi connectivity index (χ0) is 19.1. The topological polar surface area (TPSA) is 54.8 Å². The Labute approximate surface area is 168 Å². The Morgan fingerprint density at radius 2 is 1.89 bits per heavy atom. The second kappa shape index (κ2) is 6.87. The van der Waals surface area contributed by atoms with Gasteiger partial charge in [-0.3, -0.25) is 9.78 Å². The summed E-state index contributed by atoms with van der Waals surface area (Å²) in [7, 11) is 0. The van der Waals surface area contributed by atoms with Crippen LogP contribution in [0.5, 0.6) is 0 Å². The summed E-state index contributed by atoms with van der Waals surface area (Å²) in [5, 5.41) is 0.814. The minimum Gasteiger partial charge on any atom is -0.365 e. The van der Waals surface area contributed by atoms with E-state index in [1.165, 1.54) is 22.9 Å². The number of ether oxygens (including phenoxy) is 1. The van der Waals surface area contributed by atoms with Gasteiger partial charge in [0.25, 0.3) is 5.91 Å². The molecule has 0 saturated carbocycles. The Morgan fingerprint density at radius 1 is 1.14 bits per heavy atom. The number of rotatable bonds is 1. The molecule has 1 saturated heterocycles. The van der Waals surface area contributed by atoms with Gasteiger partial charge in [0.2, 0.25) is 0 Å². The number of amides is 1. The van der Waals surface area contributed by atoms with Crippen LogP contribution < -0.4 is 0 Å². The van der Waals surface area contributed by atoms with Crippen LogP contribution in [0.25, 0.3) is 5.57 Å². The van der Waals surface area contributed by atoms with Crippen molar-refractivity contribution in [2.24, 2.45) is 4.99 Å². The lowest BCUT2D eigenvalue weighted by Crippen LogP contribution is -2.44. The number of piperidine rings is 1. The standard InChI is InChI=1S/C22H21N3O2S/c1-15(16-6-10-23-11-7-16)19-20(26)24-21(28-19)25-12-8-22(9-13-25)18-5-3-2-4-17(18)14-27-22/h2-7,10-11H,8-9,12-14H2,1H3/b19-15-. The maximum atomic E-state index is 12.5. The number of amidine groups is 1. The molecular formula is C22H21N3O2S. The van der Waals surface area contributed by atoms with Gasteiger partial charge in [-0.15, -0.1) is 0 Å². The molecule has 1 amide bonds. The van der Waals surface area contributed by atoms with Crippen molar-refractivity contribution in [1.82, 2.24) is 9.88 Å². The van der Waals surface area contributed by atoms with Crippen LogP contribution in [0.3, 0.4) is 0 Å². The molecule has 28 heavy (non-hydrogen) atoms. The SMILES string of the molecule is C/C(=C1/SC(N2CCC3(CC2)OCc2ccccc23)=NC1=O)c1ccncc1. The summed E-state index contributed by atoms with van der Waals surface area (Å²) in [4.78, 5) is 23.9. The largest absolute Gasteiger partial charge is 0.365 e. The summed E-state index contributed by atoms with van der Waals surface area (Å²) < 4.78 is 6.25. The lowest BCUT2D eigenvalue weighted by molar-refractivity contribution is -0.113. The molecule has 0 radical (unpaired) electrons. The van der Waals surface area contributed by atoms with Gasteiger partial charge in [0.15, 0.2) is 5.17 Å². The summed E-state index contributed by atoms with van der Waals surface area (Å²) in [6.45, 7) is 4.36. The Kier molecular flexibility index (Phi) is 4.33. The van der Waals surface area contributed by atoms with Crippen molar-refractivity contribution in [3.8, 4) is 0 Å². The third-order valence-electron chi connectivity index (χ3n) is 5.89. The molecule has 1 spiro atoms. The summed E-state index contributed by atoms with van der Waals surface area (Å²) in [6.07, 6.45) is 5.32. The average Bonchev–Trinajstić information content (AvgIpc) is 3.30. The van der Waals surface area contributed by atoms with Crippen LogP contribution in [0.1, 0.15) is 36.5 Å². The number of carbonyl (C=O) groups excluding carboxylic acids is 1. The van der Waals surface area contributed by atoms with Crippen molar-refractivity contribution in [3.63, 3.8) is 0 Å². The average molecular weight is 391 g/mol. The molecule has 0 aliphatic carbocycles. The van der Waals surface area contributed by atoms with E-state index in [0.717, 1.165) is 42.2 Å². The summed E-state index contributed by atoms with van der Waals surface area (Å²) in [5.41, 5.74) is 4.43. The number of thioether (sulfide) groups is 1. The molecule has 4 heterocycles. The maximum Gasteiger partial charge on any atom is 0.286 e. The van der Waals surface area contributed by atoms with Crippen molar-refractivity contribution in [3.05, 3.63) is 70.4 Å². The molecule has 1 aromatic carbocycles. The number of nitrogens with zero attached hydrogens (tertiary/aromatic N) is 3. The number of aliphatic imine (C=N–C) groups is 1. The van der Waals surface area contributed by atoms with Gasteiger partial charge in [-0.25, -0.2) is 0 Å². The number of carbonyl (C=O) groups is 1. The molecule has 6 heteroatoms. The maximum absolute atomic E-state index is 12.5. The lowest BCUT2D eigenvalue weighted by Gasteiger charge is -2.39. The first-order chi connectivity index (χ1) is 13.7. The molecule has 5 rings (SSSR count). The number of benzene rings is 1. The molecule has 3 aliphatic rings. The third kappa shape index (κ3) is 2.88. The molecule has 5 nitrogen and oxygen atoms in total. The van der Waals surface area contributed by atoms with Crippen LogP contribution in [0.2, 0.25) is 0 Å². The van der Waals surface area contributed by atoms with Crippen LogP contribution >= 0.6 is 11.8 Å². The highest BCUT2D eigenvalue weighted by atomic mass is 32.2. The van der Waals surface area contributed by atoms with Crippen molar-refractivity contribution in [2.75, 3.05) is 13.1 Å². The van der Waals surface area contributed by atoms with Crippen molar-refractivity contribution in [2.45, 2.75) is 32.0 Å². The Balaban J connectivity index is 1.32. The number of aromatic nitrogens is 1. The molecule has 2 aromatic rings. The van der Waals surface area contributed by atoms with E-state index in [0.29, 0.717) is 11.5 Å². The van der Waals surface area contributed by atoms with Crippen LogP contribution in [0.4, 0.5) is 0 Å². The van der Waals surface area contributed by atoms with Gasteiger partial charge in [-0.1, -0.05) is 24.3 Å². The van der Waals surface area contributed by atoms with Crippen LogP contribution in [0.15, 0.2) is 58.7 Å². The molecule has 3 aliphatic heterocycles. The number of hydrogen-bond acceptors (Lipinski definition) is 5. The van der Waals surface area contributed by atoms with E-state index in [1.54, 1.807) is 12.4 Å². The monoisotopic (exact) mass is 391 g/mol. The Morgan fingerprint density at radius 3 is 2.68 bits per heavy atom. The Hall–Kier alpha value is -2.44. The van der Waals surface area contributed by atoms with E-state index < -0.39 is 0 Å². The van der Waals surface area contributed by atoms with Gasteiger partial charge in [0.05, 0.1) is 17.1 Å². The van der Waals surface area contributed by atoms with E-state index >= 15 is 0 Å². The zero-order valence-electron chi connectivity index (χ0n) is 15.7. The van der Waals surface area contributed by atoms with E-state index in [2.05, 4.69) is 39.1 Å². The van der Waals surface area contributed by atoms with Crippen LogP contribution in [-0.4, -0.2) is 34.0 Å². The highest BCUT2D eigenvalue weighted by Gasteiger charge is 2.43. The first-order valence-electron chi connectivity index (χ1n) is 9.56. The molecule has 142 valence electrons. The van der Waals surface area contributed by atoms with Crippen LogP contribution in [0, 0.1) is 0 Å². The number of hydrogen-bond donors (Lipinski definition) is 0. The van der Waals surface area contributed by atoms with E-state index in [1.807, 2.05) is 19.1 Å². The van der Waals surface area contributed by atoms with Crippen molar-refractivity contribution < 1.29 is 9.53 Å². The number of likely N-dealkylation sites (tertiary alicyclic amines) is 1. The van der Waals surface area contributed by atoms with Gasteiger partial charge in [0, 0.05) is 25.5 Å². The predicted molar refractivity (Wildman–Crippen MR) is 111 cm³/mol. The summed E-state index contributed by atoms with van der Waals surface area (Å²) in [6, 6.07) is 12.4. The highest BCUT2D eigenvalue weighted by molar-refractivity contribution is 8.18. The quantitative estimate of drug-likeness (QED) is 0.689. The second-order valence-electron chi connectivity index (χ2n) is 7.42. The first kappa shape index (κ1) is 17.6. The molecule has 0 atom stereocenters. The fourth-order valence-electron chi connectivity index (χ4n) is 4.26. The number of fused-ring (bicyclic) bond motifs is 2. The van der Waals surface area contributed by atoms with E-state index in [9.17, 15) is 4.79 Å². The molecule has 0 bridgehead atoms.